The number of esters is 1. The minimum absolute atomic E-state index is 0.176. The van der Waals surface area contributed by atoms with Crippen LogP contribution >= 0.6 is 0 Å². The van der Waals surface area contributed by atoms with Crippen molar-refractivity contribution in [3.8, 4) is 0 Å². The van der Waals surface area contributed by atoms with Crippen LogP contribution in [0.1, 0.15) is 13.8 Å². The predicted molar refractivity (Wildman–Crippen MR) is 60.1 cm³/mol. The highest BCUT2D eigenvalue weighted by Crippen LogP contribution is 1.81. The molecular weight excluding hydrogens is 212 g/mol. The van der Waals surface area contributed by atoms with Crippen LogP contribution in [0.2, 0.25) is 0 Å². The molecule has 0 bridgehead atoms. The van der Waals surface area contributed by atoms with Gasteiger partial charge in [-0.05, 0) is 13.8 Å². The van der Waals surface area contributed by atoms with E-state index in [1.165, 1.54) is 6.92 Å². The van der Waals surface area contributed by atoms with E-state index in [4.69, 9.17) is 9.84 Å². The number of rotatable bonds is 6. The maximum Gasteiger partial charge on any atom is 0.330 e. The minimum Gasteiger partial charge on any atom is -0.478 e. The van der Waals surface area contributed by atoms with Crippen molar-refractivity contribution in [2.45, 2.75) is 13.8 Å². The Hall–Kier alpha value is -1.62. The van der Waals surface area contributed by atoms with Gasteiger partial charge in [-0.15, -0.1) is 0 Å². The summed E-state index contributed by atoms with van der Waals surface area (Å²) >= 11 is 0. The fourth-order valence-corrected chi connectivity index (χ4v) is 0.404. The molecule has 0 unspecified atom stereocenters. The van der Waals surface area contributed by atoms with Gasteiger partial charge in [0.2, 0.25) is 0 Å². The van der Waals surface area contributed by atoms with E-state index in [0.717, 1.165) is 6.08 Å². The van der Waals surface area contributed by atoms with E-state index in [0.29, 0.717) is 19.8 Å². The van der Waals surface area contributed by atoms with Crippen molar-refractivity contribution in [1.29, 1.82) is 0 Å². The summed E-state index contributed by atoms with van der Waals surface area (Å²) in [6.07, 6.45) is 1.13. The van der Waals surface area contributed by atoms with Gasteiger partial charge in [0.1, 0.15) is 6.61 Å². The smallest absolute Gasteiger partial charge is 0.330 e. The van der Waals surface area contributed by atoms with Crippen molar-refractivity contribution in [2.24, 2.45) is 0 Å². The van der Waals surface area contributed by atoms with Crippen LogP contribution < -0.4 is 0 Å². The zero-order valence-electron chi connectivity index (χ0n) is 9.69. The van der Waals surface area contributed by atoms with Crippen LogP contribution in [0.25, 0.3) is 0 Å². The lowest BCUT2D eigenvalue weighted by Gasteiger charge is -2.00. The average Bonchev–Trinajstić information content (AvgIpc) is 2.24. The van der Waals surface area contributed by atoms with Crippen molar-refractivity contribution in [2.75, 3.05) is 19.8 Å². The molecule has 5 heteroatoms. The molecule has 0 aromatic carbocycles. The van der Waals surface area contributed by atoms with Crippen molar-refractivity contribution in [3.05, 3.63) is 24.8 Å². The molecule has 5 nitrogen and oxygen atoms in total. The summed E-state index contributed by atoms with van der Waals surface area (Å²) in [5.74, 6) is -1.34. The van der Waals surface area contributed by atoms with Crippen LogP contribution in [0.15, 0.2) is 24.8 Å². The predicted octanol–water partition coefficient (Wildman–Crippen LogP) is 1.40. The Morgan fingerprint density at radius 2 is 1.88 bits per heavy atom. The van der Waals surface area contributed by atoms with Crippen molar-refractivity contribution in [1.82, 2.24) is 0 Å². The number of hydrogen-bond acceptors (Lipinski definition) is 4. The average molecular weight is 230 g/mol. The fourth-order valence-electron chi connectivity index (χ4n) is 0.404. The number of ether oxygens (including phenoxy) is 2. The summed E-state index contributed by atoms with van der Waals surface area (Å²) in [6.45, 7) is 11.1. The third kappa shape index (κ3) is 14.9. The van der Waals surface area contributed by atoms with Gasteiger partial charge in [-0.1, -0.05) is 13.2 Å². The first kappa shape index (κ1) is 16.8. The van der Waals surface area contributed by atoms with Gasteiger partial charge in [0.05, 0.1) is 6.61 Å². The maximum absolute atomic E-state index is 10.4. The number of carbonyl (C=O) groups is 2. The van der Waals surface area contributed by atoms with Crippen LogP contribution in [-0.2, 0) is 19.1 Å². The van der Waals surface area contributed by atoms with Gasteiger partial charge in [-0.3, -0.25) is 0 Å². The second-order valence-electron chi connectivity index (χ2n) is 2.65. The van der Waals surface area contributed by atoms with E-state index >= 15 is 0 Å². The van der Waals surface area contributed by atoms with Crippen LogP contribution in [0.4, 0.5) is 0 Å². The molecule has 0 saturated carbocycles. The Bertz CT molecular complexity index is 233. The maximum atomic E-state index is 10.4. The monoisotopic (exact) mass is 230 g/mol. The largest absolute Gasteiger partial charge is 0.478 e. The second kappa shape index (κ2) is 11.5. The Kier molecular flexibility index (Phi) is 12.0. The molecule has 0 amide bonds. The summed E-state index contributed by atoms with van der Waals surface area (Å²) in [5.41, 5.74) is 0.176. The SMILES string of the molecule is C=C(C)C(=O)O.C=CC(=O)OCCOCC. The molecular formula is C11H18O5. The first-order valence-electron chi connectivity index (χ1n) is 4.71. The molecule has 0 aliphatic heterocycles. The van der Waals surface area contributed by atoms with Crippen LogP contribution in [0, 0.1) is 0 Å². The molecule has 0 rings (SSSR count). The van der Waals surface area contributed by atoms with Gasteiger partial charge in [0.15, 0.2) is 0 Å². The minimum atomic E-state index is -0.935. The molecule has 92 valence electrons. The molecule has 0 aromatic heterocycles. The normalized spacial score (nSPS) is 8.38. The van der Waals surface area contributed by atoms with Crippen LogP contribution in [0.3, 0.4) is 0 Å². The van der Waals surface area contributed by atoms with Gasteiger partial charge >= 0.3 is 11.9 Å². The van der Waals surface area contributed by atoms with Gasteiger partial charge in [0, 0.05) is 18.3 Å². The fraction of sp³-hybridized carbons (Fsp3) is 0.455. The topological polar surface area (TPSA) is 72.8 Å². The molecule has 0 aromatic rings. The van der Waals surface area contributed by atoms with Gasteiger partial charge in [-0.25, -0.2) is 9.59 Å². The first-order chi connectivity index (χ1) is 7.45. The molecule has 0 heterocycles. The summed E-state index contributed by atoms with van der Waals surface area (Å²) in [5, 5.41) is 7.89. The molecule has 16 heavy (non-hydrogen) atoms. The Morgan fingerprint density at radius 3 is 2.19 bits per heavy atom. The van der Waals surface area contributed by atoms with Crippen molar-refractivity contribution >= 4 is 11.9 Å². The number of carboxylic acids is 1. The zero-order chi connectivity index (χ0) is 13.0. The Morgan fingerprint density at radius 1 is 1.38 bits per heavy atom. The van der Waals surface area contributed by atoms with Crippen molar-refractivity contribution in [3.63, 3.8) is 0 Å². The third-order valence-corrected chi connectivity index (χ3v) is 1.21. The van der Waals surface area contributed by atoms with E-state index in [1.807, 2.05) is 6.92 Å². The number of carboxylic acid groups (broad SMARTS) is 1. The lowest BCUT2D eigenvalue weighted by molar-refractivity contribution is -0.139. The zero-order valence-corrected chi connectivity index (χ0v) is 9.69. The molecule has 0 aliphatic rings. The third-order valence-electron chi connectivity index (χ3n) is 1.21. The summed E-state index contributed by atoms with van der Waals surface area (Å²) in [4.78, 5) is 20.0. The van der Waals surface area contributed by atoms with E-state index in [2.05, 4.69) is 17.9 Å². The lowest BCUT2D eigenvalue weighted by Crippen LogP contribution is -2.07. The Labute approximate surface area is 95.4 Å². The molecule has 0 atom stereocenters. The quantitative estimate of drug-likeness (QED) is 0.424. The van der Waals surface area contributed by atoms with E-state index in [1.54, 1.807) is 0 Å². The molecule has 1 N–H and O–H groups in total. The highest BCUT2D eigenvalue weighted by Gasteiger charge is 1.92. The van der Waals surface area contributed by atoms with E-state index in [-0.39, 0.29) is 5.57 Å². The molecule has 0 saturated heterocycles. The lowest BCUT2D eigenvalue weighted by atomic mass is 10.4. The first-order valence-corrected chi connectivity index (χ1v) is 4.71. The summed E-state index contributed by atoms with van der Waals surface area (Å²) in [7, 11) is 0. The second-order valence-corrected chi connectivity index (χ2v) is 2.65. The Balaban J connectivity index is 0. The van der Waals surface area contributed by atoms with E-state index in [9.17, 15) is 9.59 Å². The van der Waals surface area contributed by atoms with Gasteiger partial charge in [0.25, 0.3) is 0 Å². The van der Waals surface area contributed by atoms with Crippen LogP contribution in [-0.4, -0.2) is 36.9 Å². The van der Waals surface area contributed by atoms with Crippen LogP contribution in [0.5, 0.6) is 0 Å². The summed E-state index contributed by atoms with van der Waals surface area (Å²) < 4.78 is 9.53. The number of carbonyl (C=O) groups excluding carboxylic acids is 1. The van der Waals surface area contributed by atoms with E-state index < -0.39 is 11.9 Å². The molecule has 0 radical (unpaired) electrons. The highest BCUT2D eigenvalue weighted by atomic mass is 16.6. The van der Waals surface area contributed by atoms with Gasteiger partial charge in [-0.2, -0.15) is 0 Å². The number of hydrogen-bond donors (Lipinski definition) is 1. The van der Waals surface area contributed by atoms with Crippen molar-refractivity contribution < 1.29 is 24.2 Å². The van der Waals surface area contributed by atoms with Gasteiger partial charge < -0.3 is 14.6 Å². The standard InChI is InChI=1S/C7H12O3.C4H6O2/c1-3-7(8)10-6-5-9-4-2;1-3(2)4(5)6/h3H,1,4-6H2,2H3;1H2,2H3,(H,5,6). The molecule has 0 spiro atoms. The highest BCUT2D eigenvalue weighted by molar-refractivity contribution is 5.84. The molecule has 0 fully saturated rings. The number of aliphatic carboxylic acids is 1. The summed E-state index contributed by atoms with van der Waals surface area (Å²) in [6, 6.07) is 0. The molecule has 0 aliphatic carbocycles.